The Bertz CT molecular complexity index is 1150. The summed E-state index contributed by atoms with van der Waals surface area (Å²) in [5, 5.41) is 6.67. The number of benzene rings is 2. The van der Waals surface area contributed by atoms with E-state index in [9.17, 15) is 14.4 Å². The van der Waals surface area contributed by atoms with Crippen molar-refractivity contribution in [3.63, 3.8) is 0 Å². The SMILES string of the molecule is CC[C@@H](C)NC(=O)CCNC(=O)c1cn(-c2cccc(OC)c2)c(=O)c2ccccc12. The molecule has 0 spiro atoms. The molecule has 3 aromatic rings. The number of amides is 2. The zero-order valence-electron chi connectivity index (χ0n) is 18.0. The second kappa shape index (κ2) is 9.93. The Kier molecular flexibility index (Phi) is 7.07. The molecule has 162 valence electrons. The number of carbonyl (C=O) groups is 2. The summed E-state index contributed by atoms with van der Waals surface area (Å²) in [5.41, 5.74) is 0.728. The van der Waals surface area contributed by atoms with Crippen LogP contribution < -0.4 is 20.9 Å². The summed E-state index contributed by atoms with van der Waals surface area (Å²) in [6.45, 7) is 4.13. The quantitative estimate of drug-likeness (QED) is 0.585. The molecule has 31 heavy (non-hydrogen) atoms. The first-order chi connectivity index (χ1) is 14.9. The number of fused-ring (bicyclic) bond motifs is 1. The van der Waals surface area contributed by atoms with Crippen LogP contribution in [-0.2, 0) is 4.79 Å². The van der Waals surface area contributed by atoms with Gasteiger partial charge in [-0.1, -0.05) is 31.2 Å². The number of ether oxygens (including phenoxy) is 1. The summed E-state index contributed by atoms with van der Waals surface area (Å²) in [4.78, 5) is 38.0. The summed E-state index contributed by atoms with van der Waals surface area (Å²) in [7, 11) is 1.55. The van der Waals surface area contributed by atoms with Crippen LogP contribution in [0.1, 0.15) is 37.0 Å². The lowest BCUT2D eigenvalue weighted by atomic mass is 10.1. The van der Waals surface area contributed by atoms with Gasteiger partial charge in [0.15, 0.2) is 0 Å². The molecule has 0 aliphatic rings. The normalized spacial score (nSPS) is 11.7. The van der Waals surface area contributed by atoms with E-state index in [1.165, 1.54) is 10.8 Å². The van der Waals surface area contributed by atoms with Crippen LogP contribution >= 0.6 is 0 Å². The number of hydrogen-bond acceptors (Lipinski definition) is 4. The van der Waals surface area contributed by atoms with Crippen molar-refractivity contribution in [1.29, 1.82) is 0 Å². The van der Waals surface area contributed by atoms with Gasteiger partial charge in [0.1, 0.15) is 5.75 Å². The maximum absolute atomic E-state index is 13.1. The fourth-order valence-electron chi connectivity index (χ4n) is 3.26. The number of nitrogens with one attached hydrogen (secondary N) is 2. The third-order valence-corrected chi connectivity index (χ3v) is 5.16. The van der Waals surface area contributed by atoms with Crippen LogP contribution in [0.3, 0.4) is 0 Å². The average molecular weight is 421 g/mol. The van der Waals surface area contributed by atoms with Gasteiger partial charge in [-0.25, -0.2) is 0 Å². The zero-order valence-corrected chi connectivity index (χ0v) is 18.0. The van der Waals surface area contributed by atoms with Crippen LogP contribution in [0.25, 0.3) is 16.5 Å². The van der Waals surface area contributed by atoms with Crippen molar-refractivity contribution in [3.05, 3.63) is 70.6 Å². The molecule has 3 rings (SSSR count). The van der Waals surface area contributed by atoms with Crippen molar-refractivity contribution < 1.29 is 14.3 Å². The number of rotatable bonds is 8. The van der Waals surface area contributed by atoms with Crippen molar-refractivity contribution >= 4 is 22.6 Å². The number of methoxy groups -OCH3 is 1. The van der Waals surface area contributed by atoms with Crippen LogP contribution in [0.4, 0.5) is 0 Å². The molecule has 2 amide bonds. The lowest BCUT2D eigenvalue weighted by molar-refractivity contribution is -0.121. The number of hydrogen-bond donors (Lipinski definition) is 2. The first-order valence-corrected chi connectivity index (χ1v) is 10.3. The highest BCUT2D eigenvalue weighted by atomic mass is 16.5. The van der Waals surface area contributed by atoms with E-state index in [1.54, 1.807) is 55.6 Å². The van der Waals surface area contributed by atoms with Crippen molar-refractivity contribution in [2.45, 2.75) is 32.7 Å². The molecule has 0 radical (unpaired) electrons. The van der Waals surface area contributed by atoms with Crippen LogP contribution in [0.2, 0.25) is 0 Å². The lowest BCUT2D eigenvalue weighted by Crippen LogP contribution is -2.35. The van der Waals surface area contributed by atoms with E-state index in [-0.39, 0.29) is 36.4 Å². The average Bonchev–Trinajstić information content (AvgIpc) is 2.79. The molecule has 0 bridgehead atoms. The van der Waals surface area contributed by atoms with Crippen molar-refractivity contribution in [3.8, 4) is 11.4 Å². The topological polar surface area (TPSA) is 89.4 Å². The van der Waals surface area contributed by atoms with Crippen molar-refractivity contribution in [2.24, 2.45) is 0 Å². The van der Waals surface area contributed by atoms with Crippen molar-refractivity contribution in [2.75, 3.05) is 13.7 Å². The molecule has 7 heteroatoms. The maximum atomic E-state index is 13.1. The first kappa shape index (κ1) is 22.1. The Hall–Kier alpha value is -3.61. The van der Waals surface area contributed by atoms with E-state index < -0.39 is 0 Å². The number of carbonyl (C=O) groups excluding carboxylic acids is 2. The van der Waals surface area contributed by atoms with Gasteiger partial charge in [0, 0.05) is 42.0 Å². The molecular formula is C24H27N3O4. The van der Waals surface area contributed by atoms with Crippen LogP contribution in [0.15, 0.2) is 59.5 Å². The summed E-state index contributed by atoms with van der Waals surface area (Å²) in [5.74, 6) is 0.154. The predicted octanol–water partition coefficient (Wildman–Crippen LogP) is 3.03. The van der Waals surface area contributed by atoms with E-state index in [1.807, 2.05) is 13.8 Å². The fraction of sp³-hybridized carbons (Fsp3) is 0.292. The van der Waals surface area contributed by atoms with Crippen molar-refractivity contribution in [1.82, 2.24) is 15.2 Å². The van der Waals surface area contributed by atoms with E-state index in [0.717, 1.165) is 6.42 Å². The standard InChI is InChI=1S/C24H27N3O4/c1-4-16(2)26-22(28)12-13-25-23(29)21-15-27(17-8-7-9-18(14-17)31-3)24(30)20-11-6-5-10-19(20)21/h5-11,14-16H,4,12-13H2,1-3H3,(H,25,29)(H,26,28)/t16-/m1/s1. The van der Waals surface area contributed by atoms with E-state index >= 15 is 0 Å². The summed E-state index contributed by atoms with van der Waals surface area (Å²) in [6.07, 6.45) is 2.56. The molecule has 0 saturated heterocycles. The second-order valence-electron chi connectivity index (χ2n) is 7.35. The van der Waals surface area contributed by atoms with Gasteiger partial charge in [0.05, 0.1) is 18.4 Å². The number of aromatic nitrogens is 1. The minimum absolute atomic E-state index is 0.0959. The van der Waals surface area contributed by atoms with Gasteiger partial charge in [0.25, 0.3) is 11.5 Å². The molecule has 0 saturated carbocycles. The Morgan fingerprint density at radius 1 is 1.10 bits per heavy atom. The van der Waals surface area contributed by atoms with Gasteiger partial charge in [-0.3, -0.25) is 19.0 Å². The highest BCUT2D eigenvalue weighted by Gasteiger charge is 2.16. The second-order valence-corrected chi connectivity index (χ2v) is 7.35. The molecule has 1 aromatic heterocycles. The van der Waals surface area contributed by atoms with E-state index in [2.05, 4.69) is 10.6 Å². The van der Waals surface area contributed by atoms with E-state index in [0.29, 0.717) is 27.8 Å². The monoisotopic (exact) mass is 421 g/mol. The van der Waals surface area contributed by atoms with Gasteiger partial charge in [-0.05, 0) is 31.5 Å². The molecule has 0 unspecified atom stereocenters. The third kappa shape index (κ3) is 5.12. The smallest absolute Gasteiger partial charge is 0.262 e. The van der Waals surface area contributed by atoms with Gasteiger partial charge < -0.3 is 15.4 Å². The predicted molar refractivity (Wildman–Crippen MR) is 121 cm³/mol. The Morgan fingerprint density at radius 2 is 1.84 bits per heavy atom. The van der Waals surface area contributed by atoms with Gasteiger partial charge in [-0.2, -0.15) is 0 Å². The maximum Gasteiger partial charge on any atom is 0.262 e. The highest BCUT2D eigenvalue weighted by molar-refractivity contribution is 6.06. The summed E-state index contributed by atoms with van der Waals surface area (Å²) < 4.78 is 6.70. The Morgan fingerprint density at radius 3 is 2.55 bits per heavy atom. The minimum Gasteiger partial charge on any atom is -0.497 e. The van der Waals surface area contributed by atoms with Gasteiger partial charge in [-0.15, -0.1) is 0 Å². The molecule has 7 nitrogen and oxygen atoms in total. The lowest BCUT2D eigenvalue weighted by Gasteiger charge is -2.14. The molecule has 0 aliphatic carbocycles. The molecule has 0 aliphatic heterocycles. The minimum atomic E-state index is -0.343. The molecular weight excluding hydrogens is 394 g/mol. The number of nitrogens with zero attached hydrogens (tertiary/aromatic N) is 1. The van der Waals surface area contributed by atoms with Gasteiger partial charge >= 0.3 is 0 Å². The Balaban J connectivity index is 1.91. The number of pyridine rings is 1. The van der Waals surface area contributed by atoms with Crippen LogP contribution in [0, 0.1) is 0 Å². The molecule has 1 atom stereocenters. The summed E-state index contributed by atoms with van der Waals surface area (Å²) >= 11 is 0. The molecule has 1 heterocycles. The third-order valence-electron chi connectivity index (χ3n) is 5.16. The van der Waals surface area contributed by atoms with E-state index in [4.69, 9.17) is 4.74 Å². The molecule has 2 aromatic carbocycles. The molecule has 0 fully saturated rings. The van der Waals surface area contributed by atoms with Gasteiger partial charge in [0.2, 0.25) is 5.91 Å². The van der Waals surface area contributed by atoms with Crippen LogP contribution in [-0.4, -0.2) is 36.1 Å². The Labute approximate surface area is 181 Å². The highest BCUT2D eigenvalue weighted by Crippen LogP contribution is 2.20. The fourth-order valence-corrected chi connectivity index (χ4v) is 3.26. The van der Waals surface area contributed by atoms with Crippen LogP contribution in [0.5, 0.6) is 5.75 Å². The first-order valence-electron chi connectivity index (χ1n) is 10.3. The largest absolute Gasteiger partial charge is 0.497 e. The summed E-state index contributed by atoms with van der Waals surface area (Å²) in [6, 6.07) is 14.2. The zero-order chi connectivity index (χ0) is 22.4. The molecule has 2 N–H and O–H groups in total.